The predicted molar refractivity (Wildman–Crippen MR) is 82.3 cm³/mol. The Morgan fingerprint density at radius 3 is 2.35 bits per heavy atom. The molecule has 0 fully saturated rings. The minimum absolute atomic E-state index is 0.416. The third-order valence-corrected chi connectivity index (χ3v) is 6.22. The first-order valence-electron chi connectivity index (χ1n) is 6.38. The molecule has 1 aromatic heterocycles. The van der Waals surface area contributed by atoms with Gasteiger partial charge in [0.05, 0.1) is 0 Å². The molecule has 0 saturated carbocycles. The van der Waals surface area contributed by atoms with Gasteiger partial charge >= 0.3 is 0 Å². The van der Waals surface area contributed by atoms with Crippen molar-refractivity contribution in [2.75, 3.05) is 12.8 Å². The van der Waals surface area contributed by atoms with E-state index in [9.17, 15) is 0 Å². The van der Waals surface area contributed by atoms with Crippen molar-refractivity contribution in [3.63, 3.8) is 0 Å². The van der Waals surface area contributed by atoms with E-state index in [0.717, 1.165) is 13.1 Å². The van der Waals surface area contributed by atoms with Crippen molar-refractivity contribution in [2.45, 2.75) is 51.8 Å². The van der Waals surface area contributed by atoms with E-state index in [4.69, 9.17) is 0 Å². The van der Waals surface area contributed by atoms with Crippen molar-refractivity contribution >= 4 is 23.1 Å². The van der Waals surface area contributed by atoms with Crippen molar-refractivity contribution in [2.24, 2.45) is 0 Å². The first-order valence-corrected chi connectivity index (χ1v) is 8.42. The number of thiophene rings is 1. The topological polar surface area (TPSA) is 12.0 Å². The average Bonchev–Trinajstić information content (AvgIpc) is 2.64. The van der Waals surface area contributed by atoms with Gasteiger partial charge in [0.15, 0.2) is 0 Å². The number of thioether (sulfide) groups is 1. The van der Waals surface area contributed by atoms with Gasteiger partial charge in [-0.1, -0.05) is 13.8 Å². The Hall–Kier alpha value is 0.01000. The van der Waals surface area contributed by atoms with Gasteiger partial charge in [-0.2, -0.15) is 11.8 Å². The van der Waals surface area contributed by atoms with Crippen LogP contribution in [0.4, 0.5) is 0 Å². The Morgan fingerprint density at radius 1 is 1.29 bits per heavy atom. The SMILES string of the molecule is CCC(CC)(CNCc1cc(C)sc1C)SC. The van der Waals surface area contributed by atoms with Crippen LogP contribution < -0.4 is 5.32 Å². The Kier molecular flexibility index (Phi) is 6.04. The normalized spacial score (nSPS) is 12.1. The van der Waals surface area contributed by atoms with Gasteiger partial charge < -0.3 is 5.32 Å². The monoisotopic (exact) mass is 271 g/mol. The van der Waals surface area contributed by atoms with Crippen LogP contribution in [0, 0.1) is 13.8 Å². The highest BCUT2D eigenvalue weighted by Crippen LogP contribution is 2.29. The van der Waals surface area contributed by atoms with E-state index in [2.05, 4.69) is 45.3 Å². The van der Waals surface area contributed by atoms with Gasteiger partial charge in [0, 0.05) is 27.6 Å². The quantitative estimate of drug-likeness (QED) is 0.790. The fraction of sp³-hybridized carbons (Fsp3) is 0.714. The molecule has 0 radical (unpaired) electrons. The first kappa shape index (κ1) is 15.1. The third kappa shape index (κ3) is 4.01. The minimum atomic E-state index is 0.416. The second-order valence-electron chi connectivity index (χ2n) is 4.64. The number of rotatable bonds is 7. The van der Waals surface area contributed by atoms with E-state index in [-0.39, 0.29) is 0 Å². The average molecular weight is 271 g/mol. The van der Waals surface area contributed by atoms with Crippen LogP contribution in [0.15, 0.2) is 6.07 Å². The molecule has 0 unspecified atom stereocenters. The van der Waals surface area contributed by atoms with Gasteiger partial charge in [0.1, 0.15) is 0 Å². The molecular formula is C14H25NS2. The van der Waals surface area contributed by atoms with Gasteiger partial charge in [-0.15, -0.1) is 11.3 Å². The van der Waals surface area contributed by atoms with Crippen molar-refractivity contribution in [3.8, 4) is 0 Å². The summed E-state index contributed by atoms with van der Waals surface area (Å²) in [7, 11) is 0. The van der Waals surface area contributed by atoms with Crippen molar-refractivity contribution in [1.82, 2.24) is 5.32 Å². The number of hydrogen-bond acceptors (Lipinski definition) is 3. The van der Waals surface area contributed by atoms with E-state index >= 15 is 0 Å². The van der Waals surface area contributed by atoms with E-state index < -0.39 is 0 Å². The summed E-state index contributed by atoms with van der Waals surface area (Å²) in [4.78, 5) is 2.87. The molecule has 1 rings (SSSR count). The van der Waals surface area contributed by atoms with Gasteiger partial charge in [-0.25, -0.2) is 0 Å². The summed E-state index contributed by atoms with van der Waals surface area (Å²) in [6.45, 7) is 11.1. The molecule has 0 spiro atoms. The second-order valence-corrected chi connectivity index (χ2v) is 7.37. The van der Waals surface area contributed by atoms with E-state index in [1.165, 1.54) is 28.2 Å². The first-order chi connectivity index (χ1) is 8.06. The number of aryl methyl sites for hydroxylation is 2. The van der Waals surface area contributed by atoms with Crippen LogP contribution in [0.1, 0.15) is 42.0 Å². The highest BCUT2D eigenvalue weighted by Gasteiger charge is 2.24. The largest absolute Gasteiger partial charge is 0.311 e. The van der Waals surface area contributed by atoms with Crippen molar-refractivity contribution < 1.29 is 0 Å². The summed E-state index contributed by atoms with van der Waals surface area (Å²) in [5, 5.41) is 3.64. The van der Waals surface area contributed by atoms with Crippen LogP contribution >= 0.6 is 23.1 Å². The summed E-state index contributed by atoms with van der Waals surface area (Å²) >= 11 is 3.90. The van der Waals surface area contributed by atoms with Gasteiger partial charge in [-0.05, 0) is 44.6 Å². The lowest BCUT2D eigenvalue weighted by Crippen LogP contribution is -2.36. The highest BCUT2D eigenvalue weighted by molar-refractivity contribution is 8.00. The Morgan fingerprint density at radius 2 is 1.94 bits per heavy atom. The molecule has 3 heteroatoms. The van der Waals surface area contributed by atoms with Gasteiger partial charge in [0.25, 0.3) is 0 Å². The van der Waals surface area contributed by atoms with Crippen molar-refractivity contribution in [3.05, 3.63) is 21.4 Å². The molecule has 0 amide bonds. The molecular weight excluding hydrogens is 246 g/mol. The van der Waals surface area contributed by atoms with Crippen LogP contribution in [0.5, 0.6) is 0 Å². The maximum atomic E-state index is 3.64. The molecule has 0 atom stereocenters. The fourth-order valence-electron chi connectivity index (χ4n) is 2.14. The van der Waals surface area contributed by atoms with Gasteiger partial charge in [0.2, 0.25) is 0 Å². The maximum absolute atomic E-state index is 3.64. The molecule has 0 aliphatic heterocycles. The zero-order valence-corrected chi connectivity index (χ0v) is 13.4. The molecule has 0 aromatic carbocycles. The summed E-state index contributed by atoms with van der Waals surface area (Å²) in [6.07, 6.45) is 4.70. The molecule has 0 aliphatic carbocycles. The molecule has 1 heterocycles. The second kappa shape index (κ2) is 6.81. The molecule has 1 nitrogen and oxygen atoms in total. The van der Waals surface area contributed by atoms with Crippen LogP contribution in [0.25, 0.3) is 0 Å². The third-order valence-electron chi connectivity index (χ3n) is 3.63. The molecule has 0 aliphatic rings. The molecule has 17 heavy (non-hydrogen) atoms. The zero-order chi connectivity index (χ0) is 12.9. The van der Waals surface area contributed by atoms with Crippen LogP contribution in [-0.4, -0.2) is 17.5 Å². The zero-order valence-electron chi connectivity index (χ0n) is 11.7. The molecule has 1 aromatic rings. The van der Waals surface area contributed by atoms with Crippen molar-refractivity contribution in [1.29, 1.82) is 0 Å². The van der Waals surface area contributed by atoms with Crippen LogP contribution in [-0.2, 0) is 6.54 Å². The van der Waals surface area contributed by atoms with Crippen LogP contribution in [0.3, 0.4) is 0 Å². The summed E-state index contributed by atoms with van der Waals surface area (Å²) in [5.41, 5.74) is 1.47. The highest BCUT2D eigenvalue weighted by atomic mass is 32.2. The Balaban J connectivity index is 2.49. The summed E-state index contributed by atoms with van der Waals surface area (Å²) in [5.74, 6) is 0. The maximum Gasteiger partial charge on any atom is 0.0276 e. The summed E-state index contributed by atoms with van der Waals surface area (Å²) < 4.78 is 0.416. The lowest BCUT2D eigenvalue weighted by atomic mass is 10.0. The smallest absolute Gasteiger partial charge is 0.0276 e. The molecule has 1 N–H and O–H groups in total. The predicted octanol–water partition coefficient (Wildman–Crippen LogP) is 4.38. The number of nitrogens with one attached hydrogen (secondary N) is 1. The van der Waals surface area contributed by atoms with Gasteiger partial charge in [-0.3, -0.25) is 0 Å². The fourth-order valence-corrected chi connectivity index (χ4v) is 3.91. The standard InChI is InChI=1S/C14H25NS2/c1-6-14(7-2,16-5)10-15-9-13-8-11(3)17-12(13)4/h8,15H,6-7,9-10H2,1-5H3. The Labute approximate surface area is 114 Å². The minimum Gasteiger partial charge on any atom is -0.311 e. The summed E-state index contributed by atoms with van der Waals surface area (Å²) in [6, 6.07) is 2.31. The lowest BCUT2D eigenvalue weighted by Gasteiger charge is -2.30. The lowest BCUT2D eigenvalue weighted by molar-refractivity contribution is 0.495. The Bertz CT molecular complexity index is 332. The molecule has 0 bridgehead atoms. The van der Waals surface area contributed by atoms with E-state index in [0.29, 0.717) is 4.75 Å². The number of hydrogen-bond donors (Lipinski definition) is 1. The van der Waals surface area contributed by atoms with E-state index in [1.807, 2.05) is 23.1 Å². The van der Waals surface area contributed by atoms with E-state index in [1.54, 1.807) is 0 Å². The van der Waals surface area contributed by atoms with Crippen LogP contribution in [0.2, 0.25) is 0 Å². The molecule has 98 valence electrons. The molecule has 0 saturated heterocycles.